The smallest absolute Gasteiger partial charge is 0.253 e. The summed E-state index contributed by atoms with van der Waals surface area (Å²) in [4.78, 5) is 16.6. The van der Waals surface area contributed by atoms with E-state index in [-0.39, 0.29) is 11.9 Å². The first-order valence-electron chi connectivity index (χ1n) is 8.12. The standard InChI is InChI=1S/C21H19ClN2O/c1-14-3-5-16(6-4-14)15(2)24-21(25)19-8-7-18(13-20(19)22)17-9-11-23-12-10-17/h3-13,15H,1-2H3,(H,24,25)/t15-/m0/s1. The zero-order chi connectivity index (χ0) is 17.8. The minimum atomic E-state index is -0.181. The third kappa shape index (κ3) is 4.06. The molecule has 3 rings (SSSR count). The number of hydrogen-bond donors (Lipinski definition) is 1. The third-order valence-corrected chi connectivity index (χ3v) is 4.47. The number of carbonyl (C=O) groups excluding carboxylic acids is 1. The van der Waals surface area contributed by atoms with E-state index in [4.69, 9.17) is 11.6 Å². The van der Waals surface area contributed by atoms with Gasteiger partial charge in [-0.15, -0.1) is 0 Å². The van der Waals surface area contributed by atoms with Crippen molar-refractivity contribution in [2.75, 3.05) is 0 Å². The monoisotopic (exact) mass is 350 g/mol. The molecule has 4 heteroatoms. The van der Waals surface area contributed by atoms with Crippen molar-refractivity contribution in [2.24, 2.45) is 0 Å². The zero-order valence-electron chi connectivity index (χ0n) is 14.2. The van der Waals surface area contributed by atoms with Crippen molar-refractivity contribution in [1.29, 1.82) is 0 Å². The molecule has 0 spiro atoms. The minimum absolute atomic E-state index is 0.0935. The van der Waals surface area contributed by atoms with Crippen LogP contribution in [-0.4, -0.2) is 10.9 Å². The second kappa shape index (κ2) is 7.49. The molecule has 25 heavy (non-hydrogen) atoms. The number of amides is 1. The van der Waals surface area contributed by atoms with E-state index in [0.717, 1.165) is 16.7 Å². The van der Waals surface area contributed by atoms with Crippen LogP contribution in [0.1, 0.15) is 34.5 Å². The zero-order valence-corrected chi connectivity index (χ0v) is 14.9. The van der Waals surface area contributed by atoms with Crippen molar-refractivity contribution in [1.82, 2.24) is 10.3 Å². The number of aryl methyl sites for hydroxylation is 1. The maximum absolute atomic E-state index is 12.6. The minimum Gasteiger partial charge on any atom is -0.345 e. The van der Waals surface area contributed by atoms with Crippen LogP contribution < -0.4 is 5.32 Å². The first-order valence-corrected chi connectivity index (χ1v) is 8.50. The molecule has 0 saturated heterocycles. The molecule has 126 valence electrons. The summed E-state index contributed by atoms with van der Waals surface area (Å²) < 4.78 is 0. The van der Waals surface area contributed by atoms with E-state index in [1.54, 1.807) is 18.5 Å². The Hall–Kier alpha value is -2.65. The van der Waals surface area contributed by atoms with E-state index in [9.17, 15) is 4.79 Å². The highest BCUT2D eigenvalue weighted by molar-refractivity contribution is 6.34. The van der Waals surface area contributed by atoms with Crippen molar-refractivity contribution in [3.63, 3.8) is 0 Å². The number of aromatic nitrogens is 1. The molecule has 2 aromatic carbocycles. The molecule has 0 unspecified atom stereocenters. The highest BCUT2D eigenvalue weighted by Gasteiger charge is 2.15. The van der Waals surface area contributed by atoms with Gasteiger partial charge in [-0.1, -0.05) is 47.5 Å². The molecule has 0 saturated carbocycles. The van der Waals surface area contributed by atoms with Crippen LogP contribution in [0.2, 0.25) is 5.02 Å². The Morgan fingerprint density at radius 3 is 2.32 bits per heavy atom. The maximum atomic E-state index is 12.6. The summed E-state index contributed by atoms with van der Waals surface area (Å²) >= 11 is 6.35. The molecular formula is C21H19ClN2O. The molecule has 1 aromatic heterocycles. The molecule has 1 atom stereocenters. The summed E-state index contributed by atoms with van der Waals surface area (Å²) in [6.45, 7) is 4.00. The molecule has 0 aliphatic carbocycles. The number of rotatable bonds is 4. The summed E-state index contributed by atoms with van der Waals surface area (Å²) in [7, 11) is 0. The first-order chi connectivity index (χ1) is 12.0. The average molecular weight is 351 g/mol. The fourth-order valence-corrected chi connectivity index (χ4v) is 2.90. The van der Waals surface area contributed by atoms with Gasteiger partial charge in [0.2, 0.25) is 0 Å². The molecule has 3 nitrogen and oxygen atoms in total. The number of nitrogens with one attached hydrogen (secondary N) is 1. The van der Waals surface area contributed by atoms with E-state index in [1.807, 2.05) is 62.4 Å². The van der Waals surface area contributed by atoms with Crippen LogP contribution in [0.25, 0.3) is 11.1 Å². The molecule has 0 aliphatic heterocycles. The molecule has 1 N–H and O–H groups in total. The molecule has 0 aliphatic rings. The predicted octanol–water partition coefficient (Wildman–Crippen LogP) is 5.20. The summed E-state index contributed by atoms with van der Waals surface area (Å²) in [5, 5.41) is 3.43. The van der Waals surface area contributed by atoms with E-state index in [1.165, 1.54) is 5.56 Å². The van der Waals surface area contributed by atoms with Crippen molar-refractivity contribution in [3.8, 4) is 11.1 Å². The van der Waals surface area contributed by atoms with Gasteiger partial charge in [-0.2, -0.15) is 0 Å². The lowest BCUT2D eigenvalue weighted by molar-refractivity contribution is 0.0940. The number of hydrogen-bond acceptors (Lipinski definition) is 2. The predicted molar refractivity (Wildman–Crippen MR) is 102 cm³/mol. The Bertz CT molecular complexity index is 876. The summed E-state index contributed by atoms with van der Waals surface area (Å²) in [6.07, 6.45) is 3.46. The van der Waals surface area contributed by atoms with Gasteiger partial charge in [0.1, 0.15) is 0 Å². The van der Waals surface area contributed by atoms with Gasteiger partial charge >= 0.3 is 0 Å². The Labute approximate surface area is 152 Å². The molecule has 1 heterocycles. The quantitative estimate of drug-likeness (QED) is 0.702. The fourth-order valence-electron chi connectivity index (χ4n) is 2.64. The Balaban J connectivity index is 1.77. The largest absolute Gasteiger partial charge is 0.345 e. The van der Waals surface area contributed by atoms with Gasteiger partial charge in [-0.05, 0) is 54.8 Å². The number of carbonyl (C=O) groups is 1. The van der Waals surface area contributed by atoms with Crippen molar-refractivity contribution in [3.05, 3.63) is 88.7 Å². The van der Waals surface area contributed by atoms with Gasteiger partial charge in [-0.3, -0.25) is 9.78 Å². The van der Waals surface area contributed by atoms with E-state index < -0.39 is 0 Å². The molecule has 0 fully saturated rings. The number of nitrogens with zero attached hydrogens (tertiary/aromatic N) is 1. The van der Waals surface area contributed by atoms with Crippen LogP contribution in [0.3, 0.4) is 0 Å². The van der Waals surface area contributed by atoms with Crippen LogP contribution in [0.5, 0.6) is 0 Å². The van der Waals surface area contributed by atoms with Gasteiger partial charge in [0.15, 0.2) is 0 Å². The second-order valence-corrected chi connectivity index (χ2v) is 6.44. The third-order valence-electron chi connectivity index (χ3n) is 4.15. The summed E-state index contributed by atoms with van der Waals surface area (Å²) in [5.74, 6) is -0.181. The average Bonchev–Trinajstić information content (AvgIpc) is 2.62. The van der Waals surface area contributed by atoms with Crippen LogP contribution in [0.15, 0.2) is 67.0 Å². The second-order valence-electron chi connectivity index (χ2n) is 6.04. The summed E-state index contributed by atoms with van der Waals surface area (Å²) in [5.41, 5.74) is 4.69. The normalized spacial score (nSPS) is 11.8. The van der Waals surface area contributed by atoms with Gasteiger partial charge in [0, 0.05) is 12.4 Å². The highest BCUT2D eigenvalue weighted by atomic mass is 35.5. The van der Waals surface area contributed by atoms with Gasteiger partial charge in [0.25, 0.3) is 5.91 Å². The lowest BCUT2D eigenvalue weighted by Crippen LogP contribution is -2.26. The first kappa shape index (κ1) is 17.2. The van der Waals surface area contributed by atoms with Crippen LogP contribution in [0, 0.1) is 6.92 Å². The highest BCUT2D eigenvalue weighted by Crippen LogP contribution is 2.26. The molecule has 1 amide bonds. The van der Waals surface area contributed by atoms with Gasteiger partial charge < -0.3 is 5.32 Å². The Morgan fingerprint density at radius 2 is 1.68 bits per heavy atom. The van der Waals surface area contributed by atoms with Crippen molar-refractivity contribution < 1.29 is 4.79 Å². The maximum Gasteiger partial charge on any atom is 0.253 e. The molecule has 0 bridgehead atoms. The molecular weight excluding hydrogens is 332 g/mol. The lowest BCUT2D eigenvalue weighted by atomic mass is 10.0. The van der Waals surface area contributed by atoms with E-state index in [0.29, 0.717) is 10.6 Å². The van der Waals surface area contributed by atoms with Crippen molar-refractivity contribution >= 4 is 17.5 Å². The fraction of sp³-hybridized carbons (Fsp3) is 0.143. The van der Waals surface area contributed by atoms with Crippen molar-refractivity contribution in [2.45, 2.75) is 19.9 Å². The summed E-state index contributed by atoms with van der Waals surface area (Å²) in [6, 6.07) is 17.3. The van der Waals surface area contributed by atoms with Crippen LogP contribution >= 0.6 is 11.6 Å². The van der Waals surface area contributed by atoms with E-state index >= 15 is 0 Å². The molecule has 0 radical (unpaired) electrons. The van der Waals surface area contributed by atoms with Crippen LogP contribution in [0.4, 0.5) is 0 Å². The Morgan fingerprint density at radius 1 is 1.00 bits per heavy atom. The molecule has 3 aromatic rings. The number of halogens is 1. The lowest BCUT2D eigenvalue weighted by Gasteiger charge is -2.15. The Kier molecular flexibility index (Phi) is 5.15. The van der Waals surface area contributed by atoms with Gasteiger partial charge in [0.05, 0.1) is 16.6 Å². The number of benzene rings is 2. The number of pyridine rings is 1. The van der Waals surface area contributed by atoms with Crippen LogP contribution in [-0.2, 0) is 0 Å². The van der Waals surface area contributed by atoms with E-state index in [2.05, 4.69) is 10.3 Å². The SMILES string of the molecule is Cc1ccc([C@H](C)NC(=O)c2ccc(-c3ccncc3)cc2Cl)cc1. The van der Waals surface area contributed by atoms with Gasteiger partial charge in [-0.25, -0.2) is 0 Å². The topological polar surface area (TPSA) is 42.0 Å².